The first kappa shape index (κ1) is 26.0. The molecule has 1 aromatic carbocycles. The van der Waals surface area contributed by atoms with Crippen LogP contribution in [-0.4, -0.2) is 81.3 Å². The molecule has 2 atom stereocenters. The van der Waals surface area contributed by atoms with E-state index in [9.17, 15) is 0 Å². The zero-order valence-corrected chi connectivity index (χ0v) is 21.9. The van der Waals surface area contributed by atoms with Crippen molar-refractivity contribution in [3.8, 4) is 11.5 Å². The summed E-state index contributed by atoms with van der Waals surface area (Å²) in [5.74, 6) is 2.64. The van der Waals surface area contributed by atoms with Gasteiger partial charge in [0.15, 0.2) is 5.96 Å². The molecule has 0 amide bonds. The molecule has 3 rings (SSSR count). The Bertz CT molecular complexity index is 680. The number of guanidine groups is 1. The summed E-state index contributed by atoms with van der Waals surface area (Å²) in [6.07, 6.45) is 3.68. The van der Waals surface area contributed by atoms with Gasteiger partial charge in [0, 0.05) is 44.3 Å². The summed E-state index contributed by atoms with van der Waals surface area (Å²) < 4.78 is 10.8. The van der Waals surface area contributed by atoms with E-state index in [1.165, 1.54) is 24.9 Å². The van der Waals surface area contributed by atoms with Crippen LogP contribution in [-0.2, 0) is 6.54 Å². The lowest BCUT2D eigenvalue weighted by atomic mass is 10.2. The van der Waals surface area contributed by atoms with Crippen molar-refractivity contribution in [3.63, 3.8) is 0 Å². The lowest BCUT2D eigenvalue weighted by Crippen LogP contribution is -2.45. The normalized spacial score (nSPS) is 22.3. The van der Waals surface area contributed by atoms with Crippen LogP contribution in [0.5, 0.6) is 11.5 Å². The molecule has 0 saturated carbocycles. The lowest BCUT2D eigenvalue weighted by molar-refractivity contribution is 0.273. The quantitative estimate of drug-likeness (QED) is 0.283. The minimum absolute atomic E-state index is 0. The third-order valence-electron chi connectivity index (χ3n) is 6.14. The average molecular weight is 546 g/mol. The Kier molecular flexibility index (Phi) is 11.2. The van der Waals surface area contributed by atoms with Gasteiger partial charge < -0.3 is 20.1 Å². The van der Waals surface area contributed by atoms with E-state index in [1.807, 2.05) is 6.07 Å². The van der Waals surface area contributed by atoms with Crippen molar-refractivity contribution < 1.29 is 9.47 Å². The van der Waals surface area contributed by atoms with Crippen LogP contribution in [0.1, 0.15) is 38.7 Å². The van der Waals surface area contributed by atoms with Gasteiger partial charge in [-0.2, -0.15) is 0 Å². The van der Waals surface area contributed by atoms with Gasteiger partial charge in [0.2, 0.25) is 0 Å². The van der Waals surface area contributed by atoms with E-state index in [-0.39, 0.29) is 24.0 Å². The highest BCUT2D eigenvalue weighted by Crippen LogP contribution is 2.24. The Morgan fingerprint density at radius 1 is 1.10 bits per heavy atom. The molecule has 2 saturated heterocycles. The number of likely N-dealkylation sites (N-methyl/N-ethyl adjacent to an activating group) is 1. The number of benzene rings is 1. The molecule has 8 heteroatoms. The van der Waals surface area contributed by atoms with Crippen molar-refractivity contribution in [1.82, 2.24) is 20.4 Å². The van der Waals surface area contributed by atoms with Gasteiger partial charge in [-0.3, -0.25) is 14.8 Å². The standard InChI is InChI=1S/C23H39N5O2.HI/c1-5-24-23(25-15-20-8-7-10-28(20)6-2)26-19-9-11-27(17-19)16-18-12-21(29-3)14-22(13-18)30-4;/h12-14,19-20H,5-11,15-17H2,1-4H3,(H2,24,25,26);1H. The van der Waals surface area contributed by atoms with Crippen LogP contribution in [0.3, 0.4) is 0 Å². The van der Waals surface area contributed by atoms with Crippen LogP contribution < -0.4 is 20.1 Å². The van der Waals surface area contributed by atoms with Gasteiger partial charge in [0.1, 0.15) is 11.5 Å². The summed E-state index contributed by atoms with van der Waals surface area (Å²) in [6, 6.07) is 7.11. The van der Waals surface area contributed by atoms with Crippen LogP contribution in [0.25, 0.3) is 0 Å². The highest BCUT2D eigenvalue weighted by atomic mass is 127. The van der Waals surface area contributed by atoms with E-state index in [1.54, 1.807) is 14.2 Å². The molecular weight excluding hydrogens is 505 g/mol. The SMILES string of the molecule is CCNC(=NCC1CCCN1CC)NC1CCN(Cc2cc(OC)cc(OC)c2)C1.I. The molecule has 0 aliphatic carbocycles. The van der Waals surface area contributed by atoms with Gasteiger partial charge in [0.05, 0.1) is 20.8 Å². The minimum atomic E-state index is 0. The Balaban J connectivity index is 0.00000341. The first-order chi connectivity index (χ1) is 14.6. The zero-order chi connectivity index (χ0) is 21.3. The fourth-order valence-electron chi connectivity index (χ4n) is 4.54. The van der Waals surface area contributed by atoms with E-state index in [2.05, 4.69) is 46.4 Å². The third-order valence-corrected chi connectivity index (χ3v) is 6.14. The summed E-state index contributed by atoms with van der Waals surface area (Å²) in [6.45, 7) is 11.4. The fourth-order valence-corrected chi connectivity index (χ4v) is 4.54. The summed E-state index contributed by atoms with van der Waals surface area (Å²) >= 11 is 0. The molecule has 176 valence electrons. The van der Waals surface area contributed by atoms with E-state index in [4.69, 9.17) is 14.5 Å². The summed E-state index contributed by atoms with van der Waals surface area (Å²) in [5.41, 5.74) is 1.22. The van der Waals surface area contributed by atoms with Crippen LogP contribution in [0.2, 0.25) is 0 Å². The molecule has 1 aromatic rings. The highest BCUT2D eigenvalue weighted by molar-refractivity contribution is 14.0. The van der Waals surface area contributed by atoms with E-state index < -0.39 is 0 Å². The number of hydrogen-bond donors (Lipinski definition) is 2. The van der Waals surface area contributed by atoms with Crippen LogP contribution in [0.15, 0.2) is 23.2 Å². The Labute approximate surface area is 205 Å². The second-order valence-corrected chi connectivity index (χ2v) is 8.23. The summed E-state index contributed by atoms with van der Waals surface area (Å²) in [5, 5.41) is 7.09. The molecule has 0 radical (unpaired) electrons. The van der Waals surface area contributed by atoms with Crippen LogP contribution in [0, 0.1) is 0 Å². The van der Waals surface area contributed by atoms with E-state index in [0.717, 1.165) is 63.1 Å². The summed E-state index contributed by atoms with van der Waals surface area (Å²) in [4.78, 5) is 9.94. The monoisotopic (exact) mass is 545 g/mol. The van der Waals surface area contributed by atoms with Crippen molar-refractivity contribution >= 4 is 29.9 Å². The zero-order valence-electron chi connectivity index (χ0n) is 19.5. The van der Waals surface area contributed by atoms with Gasteiger partial charge in [-0.25, -0.2) is 0 Å². The van der Waals surface area contributed by atoms with E-state index in [0.29, 0.717) is 12.1 Å². The van der Waals surface area contributed by atoms with Gasteiger partial charge >= 0.3 is 0 Å². The summed E-state index contributed by atoms with van der Waals surface area (Å²) in [7, 11) is 3.39. The van der Waals surface area contributed by atoms with Gasteiger partial charge in [0.25, 0.3) is 0 Å². The number of halogens is 1. The first-order valence-corrected chi connectivity index (χ1v) is 11.4. The number of hydrogen-bond acceptors (Lipinski definition) is 5. The first-order valence-electron chi connectivity index (χ1n) is 11.4. The minimum Gasteiger partial charge on any atom is -0.497 e. The van der Waals surface area contributed by atoms with Crippen molar-refractivity contribution in [2.45, 2.75) is 51.7 Å². The maximum Gasteiger partial charge on any atom is 0.191 e. The highest BCUT2D eigenvalue weighted by Gasteiger charge is 2.25. The largest absolute Gasteiger partial charge is 0.497 e. The predicted molar refractivity (Wildman–Crippen MR) is 138 cm³/mol. The number of ether oxygens (including phenoxy) is 2. The Hall–Kier alpha value is -1.26. The molecule has 2 fully saturated rings. The van der Waals surface area contributed by atoms with Crippen molar-refractivity contribution in [1.29, 1.82) is 0 Å². The van der Waals surface area contributed by atoms with Gasteiger partial charge in [-0.05, 0) is 57.0 Å². The van der Waals surface area contributed by atoms with Crippen LogP contribution in [0.4, 0.5) is 0 Å². The van der Waals surface area contributed by atoms with Gasteiger partial charge in [-0.1, -0.05) is 6.92 Å². The molecule has 0 spiro atoms. The van der Waals surface area contributed by atoms with Crippen molar-refractivity contribution in [2.75, 3.05) is 53.5 Å². The molecule has 2 aliphatic heterocycles. The maximum absolute atomic E-state index is 5.41. The predicted octanol–water partition coefficient (Wildman–Crippen LogP) is 2.94. The molecule has 2 unspecified atom stereocenters. The molecular formula is C23H40IN5O2. The maximum atomic E-state index is 5.41. The molecule has 2 N–H and O–H groups in total. The Morgan fingerprint density at radius 2 is 1.84 bits per heavy atom. The lowest BCUT2D eigenvalue weighted by Gasteiger charge is -2.22. The Morgan fingerprint density at radius 3 is 2.48 bits per heavy atom. The van der Waals surface area contributed by atoms with Crippen LogP contribution >= 0.6 is 24.0 Å². The van der Waals surface area contributed by atoms with Gasteiger partial charge in [-0.15, -0.1) is 24.0 Å². The average Bonchev–Trinajstić information content (AvgIpc) is 3.40. The number of methoxy groups -OCH3 is 2. The molecule has 2 aliphatic rings. The second kappa shape index (κ2) is 13.3. The fraction of sp³-hybridized carbons (Fsp3) is 0.696. The molecule has 0 bridgehead atoms. The number of aliphatic imine (C=N–C) groups is 1. The van der Waals surface area contributed by atoms with Crippen molar-refractivity contribution in [2.24, 2.45) is 4.99 Å². The number of nitrogens with zero attached hydrogens (tertiary/aromatic N) is 3. The molecule has 7 nitrogen and oxygen atoms in total. The third kappa shape index (κ3) is 7.68. The molecule has 2 heterocycles. The number of nitrogens with one attached hydrogen (secondary N) is 2. The van der Waals surface area contributed by atoms with Crippen molar-refractivity contribution in [3.05, 3.63) is 23.8 Å². The molecule has 0 aromatic heterocycles. The number of rotatable bonds is 9. The van der Waals surface area contributed by atoms with E-state index >= 15 is 0 Å². The topological polar surface area (TPSA) is 61.4 Å². The smallest absolute Gasteiger partial charge is 0.191 e. The number of likely N-dealkylation sites (tertiary alicyclic amines) is 2. The molecule has 31 heavy (non-hydrogen) atoms. The second-order valence-electron chi connectivity index (χ2n) is 8.23.